The van der Waals surface area contributed by atoms with Gasteiger partial charge in [-0.3, -0.25) is 9.59 Å². The van der Waals surface area contributed by atoms with E-state index in [1.54, 1.807) is 29.5 Å². The molecule has 0 radical (unpaired) electrons. The van der Waals surface area contributed by atoms with Gasteiger partial charge in [0.2, 0.25) is 5.91 Å². The fourth-order valence-electron chi connectivity index (χ4n) is 1.85. The second kappa shape index (κ2) is 7.40. The van der Waals surface area contributed by atoms with E-state index < -0.39 is 5.97 Å². The van der Waals surface area contributed by atoms with Crippen molar-refractivity contribution in [1.29, 1.82) is 0 Å². The molecule has 0 aliphatic heterocycles. The highest BCUT2D eigenvalue weighted by Crippen LogP contribution is 2.11. The van der Waals surface area contributed by atoms with E-state index >= 15 is 0 Å². The molecule has 5 heteroatoms. The number of rotatable bonds is 6. The Labute approximate surface area is 126 Å². The third-order valence-electron chi connectivity index (χ3n) is 2.86. The van der Waals surface area contributed by atoms with Gasteiger partial charge in [0.15, 0.2) is 0 Å². The Hall–Kier alpha value is -2.40. The van der Waals surface area contributed by atoms with Gasteiger partial charge in [-0.1, -0.05) is 30.3 Å². The molecule has 108 valence electrons. The van der Waals surface area contributed by atoms with Gasteiger partial charge in [0.1, 0.15) is 0 Å². The number of hydrogen-bond acceptors (Lipinski definition) is 3. The summed E-state index contributed by atoms with van der Waals surface area (Å²) in [4.78, 5) is 23.5. The molecule has 0 saturated carbocycles. The molecule has 1 aromatic heterocycles. The largest absolute Gasteiger partial charge is 0.481 e. The summed E-state index contributed by atoms with van der Waals surface area (Å²) < 4.78 is 0. The van der Waals surface area contributed by atoms with Crippen LogP contribution in [0.15, 0.2) is 47.9 Å². The van der Waals surface area contributed by atoms with Gasteiger partial charge in [0.25, 0.3) is 0 Å². The van der Waals surface area contributed by atoms with Crippen molar-refractivity contribution in [2.75, 3.05) is 0 Å². The maximum absolute atomic E-state index is 11.7. The van der Waals surface area contributed by atoms with Crippen LogP contribution in [0.4, 0.5) is 0 Å². The van der Waals surface area contributed by atoms with Crippen LogP contribution in [0.1, 0.15) is 16.0 Å². The quantitative estimate of drug-likeness (QED) is 0.806. The Bertz CT molecular complexity index is 647. The zero-order chi connectivity index (χ0) is 15.1. The molecule has 0 atom stereocenters. The molecule has 0 saturated heterocycles. The van der Waals surface area contributed by atoms with Gasteiger partial charge in [-0.25, -0.2) is 0 Å². The number of carboxylic acids is 1. The molecule has 0 fully saturated rings. The van der Waals surface area contributed by atoms with Gasteiger partial charge in [-0.15, -0.1) is 11.3 Å². The highest BCUT2D eigenvalue weighted by atomic mass is 32.1. The van der Waals surface area contributed by atoms with Crippen LogP contribution >= 0.6 is 11.3 Å². The monoisotopic (exact) mass is 301 g/mol. The Morgan fingerprint density at radius 3 is 2.57 bits per heavy atom. The van der Waals surface area contributed by atoms with Gasteiger partial charge < -0.3 is 10.4 Å². The number of carbonyl (C=O) groups is 2. The van der Waals surface area contributed by atoms with Crippen LogP contribution in [0, 0.1) is 0 Å². The van der Waals surface area contributed by atoms with E-state index in [1.165, 1.54) is 6.08 Å². The summed E-state index contributed by atoms with van der Waals surface area (Å²) in [6, 6.07) is 11.0. The van der Waals surface area contributed by atoms with Gasteiger partial charge in [-0.2, -0.15) is 0 Å². The normalized spacial score (nSPS) is 10.7. The molecule has 2 N–H and O–H groups in total. The van der Waals surface area contributed by atoms with Crippen LogP contribution < -0.4 is 5.32 Å². The predicted molar refractivity (Wildman–Crippen MR) is 83.0 cm³/mol. The molecule has 21 heavy (non-hydrogen) atoms. The number of hydrogen-bond donors (Lipinski definition) is 2. The van der Waals surface area contributed by atoms with Gasteiger partial charge >= 0.3 is 5.97 Å². The fraction of sp³-hybridized carbons (Fsp3) is 0.125. The highest BCUT2D eigenvalue weighted by molar-refractivity contribution is 7.10. The lowest BCUT2D eigenvalue weighted by Crippen LogP contribution is -2.21. The molecule has 4 nitrogen and oxygen atoms in total. The van der Waals surface area contributed by atoms with Gasteiger partial charge in [-0.05, 0) is 28.6 Å². The maximum Gasteiger partial charge on any atom is 0.307 e. The first-order valence-corrected chi connectivity index (χ1v) is 7.31. The van der Waals surface area contributed by atoms with E-state index in [1.807, 2.05) is 29.6 Å². The number of carboxylic acid groups (broad SMARTS) is 1. The van der Waals surface area contributed by atoms with Crippen molar-refractivity contribution in [2.24, 2.45) is 0 Å². The summed E-state index contributed by atoms with van der Waals surface area (Å²) in [5, 5.41) is 13.6. The first-order chi connectivity index (χ1) is 10.1. The van der Waals surface area contributed by atoms with Crippen molar-refractivity contribution < 1.29 is 14.7 Å². The molecule has 0 aliphatic rings. The molecule has 0 spiro atoms. The van der Waals surface area contributed by atoms with E-state index in [0.29, 0.717) is 12.1 Å². The lowest BCUT2D eigenvalue weighted by molar-refractivity contribution is -0.136. The summed E-state index contributed by atoms with van der Waals surface area (Å²) in [7, 11) is 0. The Balaban J connectivity index is 1.93. The van der Waals surface area contributed by atoms with Gasteiger partial charge in [0.05, 0.1) is 6.42 Å². The molecule has 1 heterocycles. The Morgan fingerprint density at radius 1 is 1.14 bits per heavy atom. The fourth-order valence-corrected chi connectivity index (χ4v) is 2.47. The van der Waals surface area contributed by atoms with Crippen molar-refractivity contribution in [1.82, 2.24) is 5.32 Å². The van der Waals surface area contributed by atoms with E-state index in [4.69, 9.17) is 5.11 Å². The van der Waals surface area contributed by atoms with Crippen molar-refractivity contribution in [3.8, 4) is 0 Å². The van der Waals surface area contributed by atoms with E-state index in [2.05, 4.69) is 5.32 Å². The van der Waals surface area contributed by atoms with Gasteiger partial charge in [0, 0.05) is 17.5 Å². The van der Waals surface area contributed by atoms with Crippen LogP contribution in [-0.2, 0) is 22.6 Å². The molecule has 0 bridgehead atoms. The van der Waals surface area contributed by atoms with E-state index in [9.17, 15) is 9.59 Å². The zero-order valence-corrected chi connectivity index (χ0v) is 12.1. The summed E-state index contributed by atoms with van der Waals surface area (Å²) in [5.74, 6) is -1.08. The zero-order valence-electron chi connectivity index (χ0n) is 11.3. The molecule has 0 unspecified atom stereocenters. The maximum atomic E-state index is 11.7. The van der Waals surface area contributed by atoms with Crippen LogP contribution in [0.25, 0.3) is 6.08 Å². The second-order valence-corrected chi connectivity index (χ2v) is 5.39. The number of carbonyl (C=O) groups excluding carboxylic acids is 1. The summed E-state index contributed by atoms with van der Waals surface area (Å²) in [6.45, 7) is 0.317. The minimum Gasteiger partial charge on any atom is -0.481 e. The summed E-state index contributed by atoms with van der Waals surface area (Å²) in [5.41, 5.74) is 1.53. The van der Waals surface area contributed by atoms with Crippen LogP contribution in [0.5, 0.6) is 0 Å². The number of benzene rings is 1. The van der Waals surface area contributed by atoms with E-state index in [0.717, 1.165) is 10.4 Å². The third kappa shape index (κ3) is 4.89. The molecule has 2 rings (SSSR count). The second-order valence-electron chi connectivity index (χ2n) is 4.41. The Kier molecular flexibility index (Phi) is 5.29. The number of amides is 1. The van der Waals surface area contributed by atoms with E-state index in [-0.39, 0.29) is 12.3 Å². The van der Waals surface area contributed by atoms with Crippen LogP contribution in [0.2, 0.25) is 0 Å². The van der Waals surface area contributed by atoms with Crippen molar-refractivity contribution >= 4 is 29.3 Å². The van der Waals surface area contributed by atoms with Crippen molar-refractivity contribution in [2.45, 2.75) is 13.0 Å². The third-order valence-corrected chi connectivity index (χ3v) is 3.69. The minimum atomic E-state index is -0.883. The lowest BCUT2D eigenvalue weighted by Gasteiger charge is -2.08. The topological polar surface area (TPSA) is 66.4 Å². The Morgan fingerprint density at radius 2 is 1.90 bits per heavy atom. The standard InChI is InChI=1S/C16H15NO3S/c18-15(8-7-14-6-3-9-21-14)17-11-13-5-2-1-4-12(13)10-16(19)20/h1-9H,10-11H2,(H,17,18)(H,19,20)/b8-7+. The predicted octanol–water partition coefficient (Wildman–Crippen LogP) is 2.70. The molecule has 1 amide bonds. The number of thiophene rings is 1. The minimum absolute atomic E-state index is 0.0446. The van der Waals surface area contributed by atoms with Crippen LogP contribution in [0.3, 0.4) is 0 Å². The highest BCUT2D eigenvalue weighted by Gasteiger charge is 2.06. The molecule has 2 aromatic rings. The summed E-state index contributed by atoms with van der Waals surface area (Å²) >= 11 is 1.56. The lowest BCUT2D eigenvalue weighted by atomic mass is 10.0. The average Bonchev–Trinajstić information content (AvgIpc) is 2.97. The first-order valence-electron chi connectivity index (χ1n) is 6.43. The number of nitrogens with one attached hydrogen (secondary N) is 1. The average molecular weight is 301 g/mol. The molecule has 0 aliphatic carbocycles. The number of aliphatic carboxylic acids is 1. The van der Waals surface area contributed by atoms with Crippen molar-refractivity contribution in [3.63, 3.8) is 0 Å². The van der Waals surface area contributed by atoms with Crippen molar-refractivity contribution in [3.05, 3.63) is 63.9 Å². The molecular formula is C16H15NO3S. The smallest absolute Gasteiger partial charge is 0.307 e. The first kappa shape index (κ1) is 15.0. The molecular weight excluding hydrogens is 286 g/mol. The van der Waals surface area contributed by atoms with Crippen LogP contribution in [-0.4, -0.2) is 17.0 Å². The molecule has 1 aromatic carbocycles. The summed E-state index contributed by atoms with van der Waals surface area (Å²) in [6.07, 6.45) is 3.19. The SMILES string of the molecule is O=C(O)Cc1ccccc1CNC(=O)/C=C/c1cccs1.